The predicted octanol–water partition coefficient (Wildman–Crippen LogP) is 3.07. The first kappa shape index (κ1) is 24.5. The number of hydrogen-bond acceptors (Lipinski definition) is 4. The van der Waals surface area contributed by atoms with Gasteiger partial charge in [0, 0.05) is 62.2 Å². The topological polar surface area (TPSA) is 47.1 Å². The van der Waals surface area contributed by atoms with E-state index in [9.17, 15) is 9.59 Å². The quantitative estimate of drug-likeness (QED) is 0.645. The summed E-state index contributed by atoms with van der Waals surface area (Å²) >= 11 is 0. The average Bonchev–Trinajstić information content (AvgIpc) is 3.27. The highest BCUT2D eigenvalue weighted by molar-refractivity contribution is 5.88. The van der Waals surface area contributed by atoms with Crippen molar-refractivity contribution in [2.75, 3.05) is 40.3 Å². The minimum Gasteiger partial charge on any atom is -0.342 e. The first-order valence-corrected chi connectivity index (χ1v) is 12.7. The molecular formula is C25H46N4O2. The van der Waals surface area contributed by atoms with Gasteiger partial charge in [-0.25, -0.2) is 0 Å². The molecule has 2 aliphatic heterocycles. The lowest BCUT2D eigenvalue weighted by molar-refractivity contribution is -0.146. The van der Waals surface area contributed by atoms with Crippen LogP contribution in [0.4, 0.5) is 0 Å². The number of piperidine rings is 2. The second-order valence-electron chi connectivity index (χ2n) is 10.8. The van der Waals surface area contributed by atoms with Gasteiger partial charge in [-0.05, 0) is 80.3 Å². The zero-order valence-corrected chi connectivity index (χ0v) is 20.8. The summed E-state index contributed by atoms with van der Waals surface area (Å²) in [5, 5.41) is 0. The molecule has 0 bridgehead atoms. The monoisotopic (exact) mass is 434 g/mol. The minimum atomic E-state index is -0.0945. The first-order chi connectivity index (χ1) is 14.7. The van der Waals surface area contributed by atoms with Gasteiger partial charge in [-0.15, -0.1) is 0 Å². The molecule has 2 amide bonds. The van der Waals surface area contributed by atoms with Crippen molar-refractivity contribution in [3.63, 3.8) is 0 Å². The number of nitrogens with zero attached hydrogens (tertiary/aromatic N) is 4. The van der Waals surface area contributed by atoms with E-state index in [1.54, 1.807) is 0 Å². The third-order valence-electron chi connectivity index (χ3n) is 8.48. The van der Waals surface area contributed by atoms with Gasteiger partial charge in [-0.3, -0.25) is 9.59 Å². The summed E-state index contributed by atoms with van der Waals surface area (Å²) in [5.74, 6) is 0.303. The fourth-order valence-corrected chi connectivity index (χ4v) is 5.85. The molecule has 0 N–H and O–H groups in total. The highest BCUT2D eigenvalue weighted by atomic mass is 16.2. The lowest BCUT2D eigenvalue weighted by atomic mass is 9.90. The molecule has 0 aromatic carbocycles. The zero-order valence-electron chi connectivity index (χ0n) is 20.8. The molecule has 6 nitrogen and oxygen atoms in total. The molecule has 0 aromatic heterocycles. The van der Waals surface area contributed by atoms with Gasteiger partial charge in [0.05, 0.1) is 0 Å². The lowest BCUT2D eigenvalue weighted by Gasteiger charge is -2.41. The Bertz CT molecular complexity index is 555. The van der Waals surface area contributed by atoms with Gasteiger partial charge >= 0.3 is 0 Å². The molecule has 0 spiro atoms. The number of amides is 2. The van der Waals surface area contributed by atoms with E-state index in [1.165, 1.54) is 0 Å². The van der Waals surface area contributed by atoms with Crippen LogP contribution in [0.1, 0.15) is 72.6 Å². The van der Waals surface area contributed by atoms with Crippen LogP contribution in [0.3, 0.4) is 0 Å². The summed E-state index contributed by atoms with van der Waals surface area (Å²) in [6.07, 6.45) is 6.95. The third-order valence-corrected chi connectivity index (χ3v) is 8.48. The summed E-state index contributed by atoms with van der Waals surface area (Å²) < 4.78 is 0. The number of hydrogen-bond donors (Lipinski definition) is 0. The van der Waals surface area contributed by atoms with Crippen LogP contribution in [0, 0.1) is 11.8 Å². The summed E-state index contributed by atoms with van der Waals surface area (Å²) in [5.41, 5.74) is 0. The lowest BCUT2D eigenvalue weighted by Crippen LogP contribution is -2.51. The predicted molar refractivity (Wildman–Crippen MR) is 126 cm³/mol. The van der Waals surface area contributed by atoms with Crippen molar-refractivity contribution in [2.24, 2.45) is 11.8 Å². The maximum atomic E-state index is 13.4. The molecule has 1 saturated carbocycles. The Morgan fingerprint density at radius 2 is 0.968 bits per heavy atom. The van der Waals surface area contributed by atoms with Crippen molar-refractivity contribution < 1.29 is 9.59 Å². The van der Waals surface area contributed by atoms with Crippen LogP contribution >= 0.6 is 0 Å². The van der Waals surface area contributed by atoms with Gasteiger partial charge in [-0.2, -0.15) is 0 Å². The zero-order chi connectivity index (χ0) is 22.7. The fraction of sp³-hybridized carbons (Fsp3) is 0.920. The average molecular weight is 435 g/mol. The second kappa shape index (κ2) is 10.7. The summed E-state index contributed by atoms with van der Waals surface area (Å²) in [7, 11) is 4.39. The first-order valence-electron chi connectivity index (χ1n) is 12.7. The van der Waals surface area contributed by atoms with Crippen molar-refractivity contribution in [3.8, 4) is 0 Å². The molecule has 2 heterocycles. The van der Waals surface area contributed by atoms with Crippen molar-refractivity contribution in [3.05, 3.63) is 0 Å². The van der Waals surface area contributed by atoms with E-state index in [0.29, 0.717) is 24.2 Å². The van der Waals surface area contributed by atoms with E-state index < -0.39 is 0 Å². The smallest absolute Gasteiger partial charge is 0.226 e. The molecule has 3 fully saturated rings. The van der Waals surface area contributed by atoms with E-state index in [1.807, 2.05) is 0 Å². The molecule has 2 unspecified atom stereocenters. The number of likely N-dealkylation sites (tertiary alicyclic amines) is 2. The van der Waals surface area contributed by atoms with E-state index in [-0.39, 0.29) is 23.7 Å². The van der Waals surface area contributed by atoms with Gasteiger partial charge in [-0.1, -0.05) is 6.42 Å². The molecule has 3 rings (SSSR count). The largest absolute Gasteiger partial charge is 0.342 e. The number of carbonyl (C=O) groups excluding carboxylic acids is 2. The van der Waals surface area contributed by atoms with Crippen LogP contribution in [-0.4, -0.2) is 95.9 Å². The normalized spacial score (nSPS) is 26.6. The van der Waals surface area contributed by atoms with Gasteiger partial charge in [0.25, 0.3) is 0 Å². The van der Waals surface area contributed by atoms with E-state index in [2.05, 4.69) is 61.4 Å². The number of rotatable bonds is 6. The van der Waals surface area contributed by atoms with Gasteiger partial charge in [0.1, 0.15) is 0 Å². The maximum Gasteiger partial charge on any atom is 0.226 e. The molecule has 3 aliphatic rings. The van der Waals surface area contributed by atoms with Crippen LogP contribution in [0.25, 0.3) is 0 Å². The Balaban J connectivity index is 1.53. The highest BCUT2D eigenvalue weighted by Crippen LogP contribution is 2.36. The summed E-state index contributed by atoms with van der Waals surface area (Å²) in [6.45, 7) is 12.3. The third kappa shape index (κ3) is 5.62. The van der Waals surface area contributed by atoms with Gasteiger partial charge in [0.2, 0.25) is 11.8 Å². The Kier molecular flexibility index (Phi) is 8.42. The Morgan fingerprint density at radius 1 is 0.645 bits per heavy atom. The van der Waals surface area contributed by atoms with Crippen molar-refractivity contribution in [2.45, 2.75) is 96.8 Å². The van der Waals surface area contributed by atoms with Crippen LogP contribution in [0.2, 0.25) is 0 Å². The fourth-order valence-electron chi connectivity index (χ4n) is 5.85. The highest BCUT2D eigenvalue weighted by Gasteiger charge is 2.42. The molecule has 0 radical (unpaired) electrons. The second-order valence-corrected chi connectivity index (χ2v) is 10.8. The van der Waals surface area contributed by atoms with Crippen LogP contribution in [0.5, 0.6) is 0 Å². The molecular weight excluding hydrogens is 388 g/mol. The SMILES string of the molecule is CC(C)N(C)C1CCN(C(=O)C2CCCC2C(=O)N2CCC(N(C)C(C)C)CC2)CC1. The molecule has 178 valence electrons. The molecule has 31 heavy (non-hydrogen) atoms. The Hall–Kier alpha value is -1.14. The van der Waals surface area contributed by atoms with Gasteiger partial charge < -0.3 is 19.6 Å². The summed E-state index contributed by atoms with van der Waals surface area (Å²) in [6, 6.07) is 2.20. The maximum absolute atomic E-state index is 13.4. The van der Waals surface area contributed by atoms with Crippen LogP contribution in [0.15, 0.2) is 0 Å². The molecule has 2 saturated heterocycles. The van der Waals surface area contributed by atoms with Crippen LogP contribution in [-0.2, 0) is 9.59 Å². The molecule has 0 aromatic rings. The van der Waals surface area contributed by atoms with Crippen LogP contribution < -0.4 is 0 Å². The molecule has 6 heteroatoms. The van der Waals surface area contributed by atoms with E-state index >= 15 is 0 Å². The van der Waals surface area contributed by atoms with Crippen molar-refractivity contribution >= 4 is 11.8 Å². The van der Waals surface area contributed by atoms with E-state index in [4.69, 9.17) is 0 Å². The molecule has 1 aliphatic carbocycles. The van der Waals surface area contributed by atoms with E-state index in [0.717, 1.165) is 71.1 Å². The number of carbonyl (C=O) groups is 2. The van der Waals surface area contributed by atoms with Crippen molar-refractivity contribution in [1.29, 1.82) is 0 Å². The molecule has 2 atom stereocenters. The summed E-state index contributed by atoms with van der Waals surface area (Å²) in [4.78, 5) is 35.7. The van der Waals surface area contributed by atoms with Gasteiger partial charge in [0.15, 0.2) is 0 Å². The Labute approximate surface area is 190 Å². The Morgan fingerprint density at radius 3 is 1.26 bits per heavy atom. The van der Waals surface area contributed by atoms with Crippen molar-refractivity contribution in [1.82, 2.24) is 19.6 Å². The standard InChI is InChI=1S/C25H46N4O2/c1-18(2)26(5)20-10-14-28(15-11-20)24(30)22-8-7-9-23(22)25(31)29-16-12-21(13-17-29)27(6)19(3)4/h18-23H,7-17H2,1-6H3. The minimum absolute atomic E-state index is 0.0945.